The highest BCUT2D eigenvalue weighted by Gasteiger charge is 2.39. The monoisotopic (exact) mass is 350 g/mol. The Hall–Kier alpha value is -2.93. The minimum absolute atomic E-state index is 0.0116. The number of aromatic amines is 2. The molecule has 2 aliphatic heterocycles. The molecule has 0 aliphatic carbocycles. The molecule has 26 heavy (non-hydrogen) atoms. The molecule has 7 nitrogen and oxygen atoms in total. The molecule has 132 valence electrons. The van der Waals surface area contributed by atoms with Crippen LogP contribution in [0.2, 0.25) is 0 Å². The molecule has 2 N–H and O–H groups in total. The summed E-state index contributed by atoms with van der Waals surface area (Å²) in [5, 5.41) is 7.84. The molecule has 1 amide bonds. The Kier molecular flexibility index (Phi) is 3.43. The second-order valence-corrected chi connectivity index (χ2v) is 7.06. The topological polar surface area (TPSA) is 91.1 Å². The van der Waals surface area contributed by atoms with Crippen LogP contribution in [0, 0.1) is 11.8 Å². The summed E-state index contributed by atoms with van der Waals surface area (Å²) in [4.78, 5) is 29.4. The molecular formula is C19H18N4O3. The zero-order valence-electron chi connectivity index (χ0n) is 14.1. The zero-order chi connectivity index (χ0) is 17.7. The Morgan fingerprint density at radius 1 is 1.15 bits per heavy atom. The van der Waals surface area contributed by atoms with Crippen molar-refractivity contribution >= 4 is 16.8 Å². The van der Waals surface area contributed by atoms with Crippen molar-refractivity contribution in [2.75, 3.05) is 26.3 Å². The summed E-state index contributed by atoms with van der Waals surface area (Å²) in [7, 11) is 0. The molecule has 3 aromatic rings. The second-order valence-electron chi connectivity index (χ2n) is 7.06. The summed E-state index contributed by atoms with van der Waals surface area (Å²) in [6.45, 7) is 2.95. The van der Waals surface area contributed by atoms with E-state index < -0.39 is 0 Å². The van der Waals surface area contributed by atoms with Crippen LogP contribution in [0.4, 0.5) is 0 Å². The Morgan fingerprint density at radius 3 is 2.73 bits per heavy atom. The van der Waals surface area contributed by atoms with Crippen molar-refractivity contribution in [3.05, 3.63) is 52.6 Å². The average molecular weight is 350 g/mol. The van der Waals surface area contributed by atoms with Gasteiger partial charge in [-0.3, -0.25) is 14.7 Å². The summed E-state index contributed by atoms with van der Waals surface area (Å²) < 4.78 is 5.51. The number of likely N-dealkylation sites (tertiary alicyclic amines) is 1. The molecule has 0 bridgehead atoms. The predicted molar refractivity (Wildman–Crippen MR) is 95.9 cm³/mol. The molecule has 2 aromatic heterocycles. The maximum Gasteiger partial charge on any atom is 0.254 e. The van der Waals surface area contributed by atoms with E-state index in [4.69, 9.17) is 4.74 Å². The number of hydrogen-bond acceptors (Lipinski definition) is 4. The van der Waals surface area contributed by atoms with Crippen LogP contribution in [-0.4, -0.2) is 52.3 Å². The third kappa shape index (κ3) is 2.43. The number of hydrogen-bond donors (Lipinski definition) is 2. The first kappa shape index (κ1) is 15.3. The number of nitrogens with zero attached hydrogens (tertiary/aromatic N) is 2. The second kappa shape index (κ2) is 5.81. The molecule has 2 atom stereocenters. The average Bonchev–Trinajstić information content (AvgIpc) is 3.35. The van der Waals surface area contributed by atoms with Gasteiger partial charge >= 0.3 is 0 Å². The first-order valence-electron chi connectivity index (χ1n) is 8.72. The molecule has 4 heterocycles. The van der Waals surface area contributed by atoms with Crippen molar-refractivity contribution in [3.63, 3.8) is 0 Å². The molecule has 0 saturated carbocycles. The van der Waals surface area contributed by atoms with Crippen LogP contribution in [0.15, 0.2) is 41.5 Å². The molecule has 2 saturated heterocycles. The van der Waals surface area contributed by atoms with Gasteiger partial charge in [0.2, 0.25) is 5.56 Å². The van der Waals surface area contributed by atoms with Gasteiger partial charge in [0, 0.05) is 42.6 Å². The molecule has 0 unspecified atom stereocenters. The number of rotatable bonds is 2. The number of aromatic nitrogens is 3. The van der Waals surface area contributed by atoms with E-state index in [1.165, 1.54) is 6.07 Å². The Balaban J connectivity index is 1.57. The van der Waals surface area contributed by atoms with Crippen LogP contribution in [0.3, 0.4) is 0 Å². The largest absolute Gasteiger partial charge is 0.381 e. The van der Waals surface area contributed by atoms with Crippen LogP contribution in [-0.2, 0) is 4.74 Å². The number of benzene rings is 1. The van der Waals surface area contributed by atoms with Crippen LogP contribution in [0.25, 0.3) is 22.0 Å². The number of carbonyl (C=O) groups excluding carboxylic acids is 1. The molecule has 2 aliphatic rings. The van der Waals surface area contributed by atoms with Crippen molar-refractivity contribution < 1.29 is 9.53 Å². The quantitative estimate of drug-likeness (QED) is 0.735. The number of amides is 1. The van der Waals surface area contributed by atoms with Gasteiger partial charge in [-0.2, -0.15) is 5.10 Å². The highest BCUT2D eigenvalue weighted by molar-refractivity contribution is 6.07. The zero-order valence-corrected chi connectivity index (χ0v) is 14.1. The summed E-state index contributed by atoms with van der Waals surface area (Å²) in [5.41, 5.74) is 2.82. The fourth-order valence-electron chi connectivity index (χ4n) is 4.04. The first-order chi connectivity index (χ1) is 12.7. The van der Waals surface area contributed by atoms with Gasteiger partial charge in [-0.1, -0.05) is 0 Å². The molecule has 7 heteroatoms. The van der Waals surface area contributed by atoms with Gasteiger partial charge in [0.15, 0.2) is 0 Å². The van der Waals surface area contributed by atoms with Gasteiger partial charge in [0.1, 0.15) is 0 Å². The minimum Gasteiger partial charge on any atom is -0.381 e. The van der Waals surface area contributed by atoms with Crippen LogP contribution >= 0.6 is 0 Å². The van der Waals surface area contributed by atoms with Crippen molar-refractivity contribution in [1.82, 2.24) is 20.1 Å². The van der Waals surface area contributed by atoms with E-state index in [1.807, 2.05) is 23.1 Å². The van der Waals surface area contributed by atoms with E-state index in [-0.39, 0.29) is 11.5 Å². The van der Waals surface area contributed by atoms with Gasteiger partial charge in [-0.25, -0.2) is 0 Å². The lowest BCUT2D eigenvalue weighted by atomic mass is 10.0. The van der Waals surface area contributed by atoms with Crippen molar-refractivity contribution in [1.29, 1.82) is 0 Å². The number of ether oxygens (including phenoxy) is 1. The minimum atomic E-state index is -0.174. The van der Waals surface area contributed by atoms with Crippen molar-refractivity contribution in [2.45, 2.75) is 0 Å². The summed E-state index contributed by atoms with van der Waals surface area (Å²) in [6, 6.07) is 7.13. The molecular weight excluding hydrogens is 332 g/mol. The third-order valence-electron chi connectivity index (χ3n) is 5.43. The van der Waals surface area contributed by atoms with Gasteiger partial charge in [0.05, 0.1) is 30.5 Å². The maximum absolute atomic E-state index is 13.2. The predicted octanol–water partition coefficient (Wildman–Crippen LogP) is 1.64. The smallest absolute Gasteiger partial charge is 0.254 e. The van der Waals surface area contributed by atoms with Crippen molar-refractivity contribution in [2.24, 2.45) is 11.8 Å². The van der Waals surface area contributed by atoms with Gasteiger partial charge < -0.3 is 14.6 Å². The van der Waals surface area contributed by atoms with Crippen LogP contribution in [0.5, 0.6) is 0 Å². The normalized spacial score (nSPS) is 22.1. The first-order valence-corrected chi connectivity index (χ1v) is 8.72. The number of H-pyrrole nitrogens is 2. The molecule has 5 rings (SSSR count). The van der Waals surface area contributed by atoms with Crippen LogP contribution in [0.1, 0.15) is 10.4 Å². The Bertz CT molecular complexity index is 1040. The lowest BCUT2D eigenvalue weighted by molar-refractivity contribution is 0.0753. The fourth-order valence-corrected chi connectivity index (χ4v) is 4.04. The van der Waals surface area contributed by atoms with E-state index in [9.17, 15) is 9.59 Å². The Morgan fingerprint density at radius 2 is 1.96 bits per heavy atom. The van der Waals surface area contributed by atoms with Crippen LogP contribution < -0.4 is 5.56 Å². The van der Waals surface area contributed by atoms with Crippen molar-refractivity contribution in [3.8, 4) is 11.1 Å². The summed E-state index contributed by atoms with van der Waals surface area (Å²) in [5.74, 6) is 0.891. The molecule has 2 fully saturated rings. The fraction of sp³-hybridized carbons (Fsp3) is 0.316. The van der Waals surface area contributed by atoms with E-state index in [0.29, 0.717) is 17.4 Å². The lowest BCUT2D eigenvalue weighted by Crippen LogP contribution is -2.30. The number of pyridine rings is 1. The number of carbonyl (C=O) groups is 1. The number of fused-ring (bicyclic) bond motifs is 2. The SMILES string of the molecule is O=C(c1cc(-c2cc[nH]c(=O)c2)cc2[nH]ncc12)N1C[C@H]2COC[C@H]2C1. The maximum atomic E-state index is 13.2. The highest BCUT2D eigenvalue weighted by atomic mass is 16.5. The molecule has 0 spiro atoms. The summed E-state index contributed by atoms with van der Waals surface area (Å²) in [6.07, 6.45) is 3.29. The highest BCUT2D eigenvalue weighted by Crippen LogP contribution is 2.32. The van der Waals surface area contributed by atoms with Gasteiger partial charge in [0.25, 0.3) is 5.91 Å². The third-order valence-corrected chi connectivity index (χ3v) is 5.43. The number of nitrogens with one attached hydrogen (secondary N) is 2. The Labute approximate surface area is 149 Å². The van der Waals surface area contributed by atoms with E-state index in [1.54, 1.807) is 12.4 Å². The standard InChI is InChI=1S/C19H18N4O3/c24-18-5-11(1-2-20-18)12-3-15(16-6-21-22-17(16)4-12)19(25)23-7-13-9-26-10-14(13)8-23/h1-6,13-14H,7-10H2,(H,20,24)(H,21,22)/t13-,14+. The van der Waals surface area contributed by atoms with E-state index >= 15 is 0 Å². The van der Waals surface area contributed by atoms with Gasteiger partial charge in [-0.05, 0) is 29.3 Å². The molecule has 0 radical (unpaired) electrons. The van der Waals surface area contributed by atoms with E-state index in [2.05, 4.69) is 15.2 Å². The summed E-state index contributed by atoms with van der Waals surface area (Å²) >= 11 is 0. The molecule has 1 aromatic carbocycles. The lowest BCUT2D eigenvalue weighted by Gasteiger charge is -2.18. The van der Waals surface area contributed by atoms with E-state index in [0.717, 1.165) is 48.3 Å². The van der Waals surface area contributed by atoms with Gasteiger partial charge in [-0.15, -0.1) is 0 Å².